The van der Waals surface area contributed by atoms with E-state index >= 15 is 0 Å². The Morgan fingerprint density at radius 2 is 1.81 bits per heavy atom. The molecule has 2 nitrogen and oxygen atoms in total. The molecule has 0 aromatic carbocycles. The Morgan fingerprint density at radius 1 is 1.25 bits per heavy atom. The van der Waals surface area contributed by atoms with Crippen molar-refractivity contribution in [1.29, 1.82) is 0 Å². The molecule has 0 aliphatic heterocycles. The molecule has 1 aliphatic rings. The van der Waals surface area contributed by atoms with Gasteiger partial charge in [-0.15, -0.1) is 0 Å². The SMILES string of the molecule is CCNC(C1CCC(C)CC1)C(C)(C)OC. The minimum Gasteiger partial charge on any atom is -0.377 e. The predicted molar refractivity (Wildman–Crippen MR) is 69.7 cm³/mol. The summed E-state index contributed by atoms with van der Waals surface area (Å²) in [6.07, 6.45) is 5.47. The third kappa shape index (κ3) is 3.46. The average molecular weight is 227 g/mol. The highest BCUT2D eigenvalue weighted by molar-refractivity contribution is 4.92. The molecule has 1 saturated carbocycles. The van der Waals surface area contributed by atoms with Crippen molar-refractivity contribution in [3.63, 3.8) is 0 Å². The molecule has 1 atom stereocenters. The van der Waals surface area contributed by atoms with Crippen molar-refractivity contribution in [3.8, 4) is 0 Å². The van der Waals surface area contributed by atoms with E-state index in [2.05, 4.69) is 33.0 Å². The van der Waals surface area contributed by atoms with E-state index in [0.29, 0.717) is 6.04 Å². The van der Waals surface area contributed by atoms with Crippen LogP contribution in [0.5, 0.6) is 0 Å². The van der Waals surface area contributed by atoms with E-state index in [9.17, 15) is 0 Å². The lowest BCUT2D eigenvalue weighted by Crippen LogP contribution is -2.53. The Hall–Kier alpha value is -0.0800. The van der Waals surface area contributed by atoms with Crippen LogP contribution in [0.4, 0.5) is 0 Å². The van der Waals surface area contributed by atoms with Crippen LogP contribution in [0.15, 0.2) is 0 Å². The van der Waals surface area contributed by atoms with Gasteiger partial charge in [0.05, 0.1) is 5.60 Å². The van der Waals surface area contributed by atoms with Gasteiger partial charge < -0.3 is 10.1 Å². The Morgan fingerprint density at radius 3 is 2.25 bits per heavy atom. The Bertz CT molecular complexity index is 195. The van der Waals surface area contributed by atoms with Crippen LogP contribution in [0.1, 0.15) is 53.4 Å². The number of likely N-dealkylation sites (N-methyl/N-ethyl adjacent to an activating group) is 1. The molecule has 1 unspecified atom stereocenters. The first-order valence-electron chi connectivity index (χ1n) is 6.79. The molecule has 0 heterocycles. The van der Waals surface area contributed by atoms with E-state index in [4.69, 9.17) is 4.74 Å². The summed E-state index contributed by atoms with van der Waals surface area (Å²) in [6, 6.07) is 0.495. The molecule has 0 amide bonds. The molecule has 0 saturated heterocycles. The zero-order valence-corrected chi connectivity index (χ0v) is 11.7. The fourth-order valence-electron chi connectivity index (χ4n) is 2.95. The van der Waals surface area contributed by atoms with Crippen molar-refractivity contribution in [2.24, 2.45) is 11.8 Å². The van der Waals surface area contributed by atoms with Crippen molar-refractivity contribution in [1.82, 2.24) is 5.32 Å². The summed E-state index contributed by atoms with van der Waals surface area (Å²) in [5, 5.41) is 3.63. The fraction of sp³-hybridized carbons (Fsp3) is 1.00. The Balaban J connectivity index is 2.62. The van der Waals surface area contributed by atoms with E-state index < -0.39 is 0 Å². The fourth-order valence-corrected chi connectivity index (χ4v) is 2.95. The van der Waals surface area contributed by atoms with Gasteiger partial charge in [-0.05, 0) is 45.1 Å². The molecule has 0 spiro atoms. The average Bonchev–Trinajstić information content (AvgIpc) is 2.27. The summed E-state index contributed by atoms with van der Waals surface area (Å²) in [5.74, 6) is 1.70. The first kappa shape index (κ1) is 14.0. The minimum absolute atomic E-state index is 0.0543. The van der Waals surface area contributed by atoms with Crippen molar-refractivity contribution in [2.75, 3.05) is 13.7 Å². The number of hydrogen-bond acceptors (Lipinski definition) is 2. The van der Waals surface area contributed by atoms with Crippen molar-refractivity contribution in [2.45, 2.75) is 65.0 Å². The molecule has 0 bridgehead atoms. The highest BCUT2D eigenvalue weighted by atomic mass is 16.5. The smallest absolute Gasteiger partial charge is 0.0777 e. The number of nitrogens with one attached hydrogen (secondary N) is 1. The highest BCUT2D eigenvalue weighted by Crippen LogP contribution is 2.34. The van der Waals surface area contributed by atoms with Crippen molar-refractivity contribution < 1.29 is 4.74 Å². The van der Waals surface area contributed by atoms with Crippen molar-refractivity contribution in [3.05, 3.63) is 0 Å². The molecule has 96 valence electrons. The van der Waals surface area contributed by atoms with Crippen molar-refractivity contribution >= 4 is 0 Å². The van der Waals surface area contributed by atoms with Crippen LogP contribution in [-0.2, 0) is 4.74 Å². The molecular weight excluding hydrogens is 198 g/mol. The van der Waals surface area contributed by atoms with Gasteiger partial charge >= 0.3 is 0 Å². The first-order chi connectivity index (χ1) is 7.51. The van der Waals surface area contributed by atoms with E-state index in [1.165, 1.54) is 25.7 Å². The normalized spacial score (nSPS) is 29.1. The third-order valence-corrected chi connectivity index (χ3v) is 4.23. The standard InChI is InChI=1S/C14H29NO/c1-6-15-13(14(3,4)16-5)12-9-7-11(2)8-10-12/h11-13,15H,6-10H2,1-5H3. The third-order valence-electron chi connectivity index (χ3n) is 4.23. The summed E-state index contributed by atoms with van der Waals surface area (Å²) in [4.78, 5) is 0. The van der Waals surface area contributed by atoms with Gasteiger partial charge in [-0.1, -0.05) is 26.7 Å². The molecular formula is C14H29NO. The van der Waals surface area contributed by atoms with E-state index in [0.717, 1.165) is 18.4 Å². The van der Waals surface area contributed by atoms with Crippen LogP contribution >= 0.6 is 0 Å². The van der Waals surface area contributed by atoms with Gasteiger partial charge in [-0.2, -0.15) is 0 Å². The molecule has 2 heteroatoms. The number of methoxy groups -OCH3 is 1. The van der Waals surface area contributed by atoms with Gasteiger partial charge in [-0.25, -0.2) is 0 Å². The lowest BCUT2D eigenvalue weighted by Gasteiger charge is -2.41. The Kier molecular flexibility index (Phi) is 5.26. The lowest BCUT2D eigenvalue weighted by atomic mass is 9.75. The molecule has 1 rings (SSSR count). The van der Waals surface area contributed by atoms with E-state index in [-0.39, 0.29) is 5.60 Å². The molecule has 1 aliphatic carbocycles. The first-order valence-corrected chi connectivity index (χ1v) is 6.79. The van der Waals surface area contributed by atoms with Crippen LogP contribution in [0.2, 0.25) is 0 Å². The summed E-state index contributed by atoms with van der Waals surface area (Å²) in [7, 11) is 1.83. The van der Waals surface area contributed by atoms with Gasteiger partial charge in [0.2, 0.25) is 0 Å². The number of hydrogen-bond donors (Lipinski definition) is 1. The van der Waals surface area contributed by atoms with E-state index in [1.54, 1.807) is 0 Å². The van der Waals surface area contributed by atoms with Gasteiger partial charge in [0.25, 0.3) is 0 Å². The second-order valence-corrected chi connectivity index (χ2v) is 5.86. The van der Waals surface area contributed by atoms with Gasteiger partial charge in [-0.3, -0.25) is 0 Å². The zero-order valence-electron chi connectivity index (χ0n) is 11.7. The van der Waals surface area contributed by atoms with Crippen LogP contribution in [0.3, 0.4) is 0 Å². The topological polar surface area (TPSA) is 21.3 Å². The minimum atomic E-state index is -0.0543. The largest absolute Gasteiger partial charge is 0.377 e. The molecule has 0 aromatic rings. The highest BCUT2D eigenvalue weighted by Gasteiger charge is 2.36. The van der Waals surface area contributed by atoms with Crippen LogP contribution < -0.4 is 5.32 Å². The monoisotopic (exact) mass is 227 g/mol. The van der Waals surface area contributed by atoms with E-state index in [1.807, 2.05) is 7.11 Å². The second-order valence-electron chi connectivity index (χ2n) is 5.86. The maximum absolute atomic E-state index is 5.67. The summed E-state index contributed by atoms with van der Waals surface area (Å²) in [5.41, 5.74) is -0.0543. The van der Waals surface area contributed by atoms with Gasteiger partial charge in [0.15, 0.2) is 0 Å². The van der Waals surface area contributed by atoms with Crippen LogP contribution in [-0.4, -0.2) is 25.3 Å². The molecule has 0 radical (unpaired) electrons. The Labute approximate surface area is 101 Å². The van der Waals surface area contributed by atoms with Crippen LogP contribution in [0.25, 0.3) is 0 Å². The zero-order chi connectivity index (χ0) is 12.2. The van der Waals surface area contributed by atoms with Crippen LogP contribution in [0, 0.1) is 11.8 Å². The van der Waals surface area contributed by atoms with Gasteiger partial charge in [0, 0.05) is 13.2 Å². The summed E-state index contributed by atoms with van der Waals surface area (Å²) >= 11 is 0. The molecule has 1 fully saturated rings. The lowest BCUT2D eigenvalue weighted by molar-refractivity contribution is -0.0341. The number of rotatable bonds is 5. The summed E-state index contributed by atoms with van der Waals surface area (Å²) in [6.45, 7) is 10.0. The molecule has 16 heavy (non-hydrogen) atoms. The predicted octanol–water partition coefficient (Wildman–Crippen LogP) is 3.22. The quantitative estimate of drug-likeness (QED) is 0.778. The second kappa shape index (κ2) is 6.02. The maximum Gasteiger partial charge on any atom is 0.0777 e. The molecule has 1 N–H and O–H groups in total. The maximum atomic E-state index is 5.67. The number of ether oxygens (including phenoxy) is 1. The van der Waals surface area contributed by atoms with Gasteiger partial charge in [0.1, 0.15) is 0 Å². The summed E-state index contributed by atoms with van der Waals surface area (Å²) < 4.78 is 5.67. The molecule has 0 aromatic heterocycles.